The van der Waals surface area contributed by atoms with E-state index < -0.39 is 60.7 Å². The zero-order chi connectivity index (χ0) is 21.9. The summed E-state index contributed by atoms with van der Waals surface area (Å²) in [5, 5.41) is 16.3. The monoisotopic (exact) mass is 419 g/mol. The summed E-state index contributed by atoms with van der Waals surface area (Å²) < 4.78 is 0. The standard InChI is InChI=1S/C16H29N5O6S/c1-8(2)13(16(26)27)21-14(24)9(4-5-28-3)20-15(25)10(6-11(18)22)19-12(23)7-17/h8-10,13H,4-7,17H2,1-3H3,(H2,18,22)(H,19,23)(H,20,25)(H,21,24)(H,26,27). The van der Waals surface area contributed by atoms with Crippen molar-refractivity contribution in [3.05, 3.63) is 0 Å². The van der Waals surface area contributed by atoms with Crippen LogP contribution in [0.4, 0.5) is 0 Å². The van der Waals surface area contributed by atoms with Crippen LogP contribution in [0.2, 0.25) is 0 Å². The van der Waals surface area contributed by atoms with Crippen molar-refractivity contribution in [2.45, 2.75) is 44.8 Å². The van der Waals surface area contributed by atoms with Crippen LogP contribution in [-0.4, -0.2) is 71.4 Å². The van der Waals surface area contributed by atoms with Crippen molar-refractivity contribution in [1.82, 2.24) is 16.0 Å². The molecule has 8 N–H and O–H groups in total. The lowest BCUT2D eigenvalue weighted by molar-refractivity contribution is -0.143. The minimum Gasteiger partial charge on any atom is -0.480 e. The van der Waals surface area contributed by atoms with Gasteiger partial charge in [-0.1, -0.05) is 13.8 Å². The van der Waals surface area contributed by atoms with Crippen LogP contribution in [-0.2, 0) is 24.0 Å². The van der Waals surface area contributed by atoms with E-state index in [1.54, 1.807) is 13.8 Å². The summed E-state index contributed by atoms with van der Waals surface area (Å²) in [4.78, 5) is 59.0. The molecule has 0 aliphatic carbocycles. The number of amides is 4. The second-order valence-electron chi connectivity index (χ2n) is 6.41. The van der Waals surface area contributed by atoms with Crippen molar-refractivity contribution < 1.29 is 29.1 Å². The minimum atomic E-state index is -1.29. The van der Waals surface area contributed by atoms with E-state index in [-0.39, 0.29) is 12.3 Å². The van der Waals surface area contributed by atoms with Gasteiger partial charge in [0.1, 0.15) is 18.1 Å². The molecule has 0 radical (unpaired) electrons. The maximum absolute atomic E-state index is 12.5. The fraction of sp³-hybridized carbons (Fsp3) is 0.688. The molecule has 0 aliphatic heterocycles. The van der Waals surface area contributed by atoms with Gasteiger partial charge in [-0.3, -0.25) is 19.2 Å². The van der Waals surface area contributed by atoms with E-state index in [0.717, 1.165) is 0 Å². The normalized spacial score (nSPS) is 13.9. The number of carbonyl (C=O) groups is 5. The average Bonchev–Trinajstić information content (AvgIpc) is 2.60. The van der Waals surface area contributed by atoms with Gasteiger partial charge in [0.2, 0.25) is 23.6 Å². The first-order valence-corrected chi connectivity index (χ1v) is 10.0. The topological polar surface area (TPSA) is 194 Å². The molecule has 0 spiro atoms. The molecule has 0 aromatic rings. The number of hydrogen-bond acceptors (Lipinski definition) is 7. The largest absolute Gasteiger partial charge is 0.480 e. The van der Waals surface area contributed by atoms with E-state index in [4.69, 9.17) is 11.5 Å². The molecular weight excluding hydrogens is 390 g/mol. The summed E-state index contributed by atoms with van der Waals surface area (Å²) in [5.41, 5.74) is 10.3. The molecule has 12 heteroatoms. The Morgan fingerprint density at radius 3 is 2.00 bits per heavy atom. The number of carbonyl (C=O) groups excluding carboxylic acids is 4. The van der Waals surface area contributed by atoms with Crippen molar-refractivity contribution in [3.8, 4) is 0 Å². The van der Waals surface area contributed by atoms with E-state index >= 15 is 0 Å². The summed E-state index contributed by atoms with van der Waals surface area (Å²) in [5.74, 6) is -4.02. The molecule has 0 fully saturated rings. The fourth-order valence-electron chi connectivity index (χ4n) is 2.21. The second kappa shape index (κ2) is 12.9. The Balaban J connectivity index is 5.32. The Morgan fingerprint density at radius 1 is 1.00 bits per heavy atom. The lowest BCUT2D eigenvalue weighted by Gasteiger charge is -2.25. The maximum Gasteiger partial charge on any atom is 0.326 e. The molecule has 3 unspecified atom stereocenters. The molecule has 160 valence electrons. The molecule has 0 heterocycles. The first kappa shape index (κ1) is 25.7. The molecule has 0 aliphatic rings. The Hall–Kier alpha value is -2.34. The predicted octanol–water partition coefficient (Wildman–Crippen LogP) is -2.23. The third-order valence-electron chi connectivity index (χ3n) is 3.72. The van der Waals surface area contributed by atoms with Crippen LogP contribution in [0, 0.1) is 5.92 Å². The van der Waals surface area contributed by atoms with Gasteiger partial charge >= 0.3 is 5.97 Å². The van der Waals surface area contributed by atoms with E-state index in [1.807, 2.05) is 6.26 Å². The highest BCUT2D eigenvalue weighted by Gasteiger charge is 2.30. The van der Waals surface area contributed by atoms with Gasteiger partial charge in [-0.15, -0.1) is 0 Å². The fourth-order valence-corrected chi connectivity index (χ4v) is 2.68. The molecule has 0 aromatic heterocycles. The summed E-state index contributed by atoms with van der Waals surface area (Å²) >= 11 is 1.43. The van der Waals surface area contributed by atoms with Crippen molar-refractivity contribution in [3.63, 3.8) is 0 Å². The molecule has 0 saturated heterocycles. The number of carboxylic acid groups (broad SMARTS) is 1. The Kier molecular flexibility index (Phi) is 11.9. The van der Waals surface area contributed by atoms with Crippen LogP contribution in [0.5, 0.6) is 0 Å². The molecule has 3 atom stereocenters. The number of thioether (sulfide) groups is 1. The zero-order valence-corrected chi connectivity index (χ0v) is 17.0. The first-order valence-electron chi connectivity index (χ1n) is 8.63. The number of carboxylic acids is 1. The molecule has 4 amide bonds. The van der Waals surface area contributed by atoms with Crippen molar-refractivity contribution >= 4 is 41.4 Å². The van der Waals surface area contributed by atoms with Crippen LogP contribution in [0.3, 0.4) is 0 Å². The Labute approximate surface area is 167 Å². The van der Waals surface area contributed by atoms with Gasteiger partial charge < -0.3 is 32.5 Å². The van der Waals surface area contributed by atoms with Crippen LogP contribution < -0.4 is 27.4 Å². The average molecular weight is 420 g/mol. The van der Waals surface area contributed by atoms with Gasteiger partial charge in [-0.25, -0.2) is 4.79 Å². The number of nitrogens with one attached hydrogen (secondary N) is 3. The molecule has 0 aromatic carbocycles. The summed E-state index contributed by atoms with van der Waals surface area (Å²) in [6.07, 6.45) is 1.55. The van der Waals surface area contributed by atoms with E-state index in [0.29, 0.717) is 5.75 Å². The Morgan fingerprint density at radius 2 is 1.57 bits per heavy atom. The van der Waals surface area contributed by atoms with Crippen LogP contribution in [0.1, 0.15) is 26.7 Å². The lowest BCUT2D eigenvalue weighted by Crippen LogP contribution is -2.57. The van der Waals surface area contributed by atoms with Crippen LogP contribution in [0.25, 0.3) is 0 Å². The molecule has 11 nitrogen and oxygen atoms in total. The summed E-state index contributed by atoms with van der Waals surface area (Å²) in [6, 6.07) is -3.47. The molecule has 0 saturated carbocycles. The van der Waals surface area contributed by atoms with Crippen LogP contribution in [0.15, 0.2) is 0 Å². The number of primary amides is 1. The maximum atomic E-state index is 12.5. The third-order valence-corrected chi connectivity index (χ3v) is 4.36. The number of rotatable bonds is 13. The second-order valence-corrected chi connectivity index (χ2v) is 7.39. The number of nitrogens with two attached hydrogens (primary N) is 2. The van der Waals surface area contributed by atoms with Gasteiger partial charge in [0.05, 0.1) is 13.0 Å². The highest BCUT2D eigenvalue weighted by atomic mass is 32.2. The lowest BCUT2D eigenvalue weighted by atomic mass is 10.0. The van der Waals surface area contributed by atoms with E-state index in [1.165, 1.54) is 11.8 Å². The Bertz CT molecular complexity index is 586. The third kappa shape index (κ3) is 9.55. The highest BCUT2D eigenvalue weighted by Crippen LogP contribution is 2.06. The van der Waals surface area contributed by atoms with Gasteiger partial charge in [-0.2, -0.15) is 11.8 Å². The van der Waals surface area contributed by atoms with Crippen molar-refractivity contribution in [1.29, 1.82) is 0 Å². The molecule has 0 bridgehead atoms. The molecule has 28 heavy (non-hydrogen) atoms. The zero-order valence-electron chi connectivity index (χ0n) is 16.2. The SMILES string of the molecule is CSCCC(NC(=O)C(CC(N)=O)NC(=O)CN)C(=O)NC(C(=O)O)C(C)C. The van der Waals surface area contributed by atoms with E-state index in [2.05, 4.69) is 16.0 Å². The minimum absolute atomic E-state index is 0.220. The highest BCUT2D eigenvalue weighted by molar-refractivity contribution is 7.98. The van der Waals surface area contributed by atoms with Crippen molar-refractivity contribution in [2.75, 3.05) is 18.6 Å². The molecule has 0 rings (SSSR count). The smallest absolute Gasteiger partial charge is 0.326 e. The predicted molar refractivity (Wildman–Crippen MR) is 104 cm³/mol. The van der Waals surface area contributed by atoms with E-state index in [9.17, 15) is 29.1 Å². The van der Waals surface area contributed by atoms with Gasteiger partial charge in [0.15, 0.2) is 0 Å². The number of aliphatic carboxylic acids is 1. The van der Waals surface area contributed by atoms with Gasteiger partial charge in [0.25, 0.3) is 0 Å². The summed E-state index contributed by atoms with van der Waals surface area (Å²) in [7, 11) is 0. The molecular formula is C16H29N5O6S. The number of hydrogen-bond donors (Lipinski definition) is 6. The van der Waals surface area contributed by atoms with Crippen molar-refractivity contribution in [2.24, 2.45) is 17.4 Å². The first-order chi connectivity index (χ1) is 13.0. The van der Waals surface area contributed by atoms with Gasteiger partial charge in [0, 0.05) is 0 Å². The summed E-state index contributed by atoms with van der Waals surface area (Å²) in [6.45, 7) is 2.88. The quantitative estimate of drug-likeness (QED) is 0.193. The van der Waals surface area contributed by atoms with Crippen LogP contribution >= 0.6 is 11.8 Å². The van der Waals surface area contributed by atoms with Gasteiger partial charge in [-0.05, 0) is 24.3 Å².